The molecule has 1 heterocycles. The van der Waals surface area contributed by atoms with E-state index in [-0.39, 0.29) is 16.5 Å². The molecular weight excluding hydrogens is 224 g/mol. The van der Waals surface area contributed by atoms with E-state index in [0.717, 1.165) is 6.07 Å². The third kappa shape index (κ3) is 1.65. The maximum Gasteiger partial charge on any atom is 0.508 e. The lowest BCUT2D eigenvalue weighted by Gasteiger charge is -2.08. The van der Waals surface area contributed by atoms with E-state index in [2.05, 4.69) is 10.2 Å². The van der Waals surface area contributed by atoms with E-state index >= 15 is 0 Å². The first-order valence-corrected chi connectivity index (χ1v) is 4.31. The second-order valence-corrected chi connectivity index (χ2v) is 3.21. The lowest BCUT2D eigenvalue weighted by atomic mass is 9.82. The smallest absolute Gasteiger partial charge is 0.422 e. The van der Waals surface area contributed by atoms with Crippen LogP contribution in [-0.2, 0) is 6.18 Å². The van der Waals surface area contributed by atoms with Crippen LogP contribution in [0.2, 0.25) is 0 Å². The average Bonchev–Trinajstić information content (AvgIpc) is 2.58. The van der Waals surface area contributed by atoms with Crippen molar-refractivity contribution in [2.45, 2.75) is 6.18 Å². The van der Waals surface area contributed by atoms with Crippen molar-refractivity contribution >= 4 is 23.6 Å². The molecule has 0 bridgehead atoms. The summed E-state index contributed by atoms with van der Waals surface area (Å²) in [6.45, 7) is 0. The largest absolute Gasteiger partial charge is 0.508 e. The van der Waals surface area contributed by atoms with Crippen LogP contribution in [0.1, 0.15) is 5.56 Å². The first kappa shape index (κ1) is 11.0. The fraction of sp³-hybridized carbons (Fsp3) is 0.125. The van der Waals surface area contributed by atoms with Crippen LogP contribution in [0.15, 0.2) is 18.2 Å². The number of H-pyrrole nitrogens is 1. The molecule has 0 aliphatic carbocycles. The van der Waals surface area contributed by atoms with Crippen molar-refractivity contribution < 1.29 is 23.2 Å². The molecule has 0 saturated heterocycles. The highest BCUT2D eigenvalue weighted by molar-refractivity contribution is 6.61. The quantitative estimate of drug-likeness (QED) is 0.615. The average molecular weight is 230 g/mol. The molecule has 84 valence electrons. The fourth-order valence-electron chi connectivity index (χ4n) is 1.52. The summed E-state index contributed by atoms with van der Waals surface area (Å²) in [5, 5.41) is 23.3. The van der Waals surface area contributed by atoms with Gasteiger partial charge >= 0.3 is 13.3 Å². The Labute approximate surface area is 87.9 Å². The number of benzene rings is 1. The molecule has 4 nitrogen and oxygen atoms in total. The van der Waals surface area contributed by atoms with Crippen LogP contribution in [0.25, 0.3) is 10.9 Å². The first-order chi connectivity index (χ1) is 7.41. The summed E-state index contributed by atoms with van der Waals surface area (Å²) in [6.07, 6.45) is -4.56. The topological polar surface area (TPSA) is 69.1 Å². The standard InChI is InChI=1S/C8H6BF3N2O2/c10-8(11,12)4-2-1-3-5-6(4)7(9(15)16)14-13-5/h1-3,15-16H,(H,13,14). The van der Waals surface area contributed by atoms with Crippen LogP contribution < -0.4 is 5.59 Å². The molecule has 0 aliphatic heterocycles. The zero-order valence-electron chi connectivity index (χ0n) is 7.78. The Morgan fingerprint density at radius 2 is 1.94 bits per heavy atom. The van der Waals surface area contributed by atoms with Gasteiger partial charge in [-0.2, -0.15) is 18.3 Å². The molecule has 0 radical (unpaired) electrons. The van der Waals surface area contributed by atoms with Gasteiger partial charge in [0, 0.05) is 5.39 Å². The molecule has 1 aromatic heterocycles. The number of aromatic nitrogens is 2. The fourth-order valence-corrected chi connectivity index (χ4v) is 1.52. The van der Waals surface area contributed by atoms with Crippen LogP contribution in [-0.4, -0.2) is 27.4 Å². The molecule has 0 spiro atoms. The van der Waals surface area contributed by atoms with E-state index in [9.17, 15) is 13.2 Å². The summed E-state index contributed by atoms with van der Waals surface area (Å²) in [6, 6.07) is 3.43. The van der Waals surface area contributed by atoms with Crippen molar-refractivity contribution in [2.24, 2.45) is 0 Å². The number of alkyl halides is 3. The van der Waals surface area contributed by atoms with E-state index < -0.39 is 18.9 Å². The summed E-state index contributed by atoms with van der Waals surface area (Å²) >= 11 is 0. The van der Waals surface area contributed by atoms with E-state index in [1.807, 2.05) is 0 Å². The molecule has 2 rings (SSSR count). The Morgan fingerprint density at radius 1 is 1.25 bits per heavy atom. The number of nitrogens with one attached hydrogen (secondary N) is 1. The zero-order chi connectivity index (χ0) is 11.9. The van der Waals surface area contributed by atoms with Gasteiger partial charge in [-0.1, -0.05) is 6.07 Å². The molecule has 0 amide bonds. The summed E-state index contributed by atoms with van der Waals surface area (Å²) in [5.41, 5.74) is -1.26. The van der Waals surface area contributed by atoms with Gasteiger partial charge in [-0.3, -0.25) is 5.10 Å². The zero-order valence-corrected chi connectivity index (χ0v) is 7.78. The van der Waals surface area contributed by atoms with Crippen molar-refractivity contribution in [1.82, 2.24) is 10.2 Å². The number of halogens is 3. The second-order valence-electron chi connectivity index (χ2n) is 3.21. The van der Waals surface area contributed by atoms with Crippen molar-refractivity contribution in [3.8, 4) is 0 Å². The van der Waals surface area contributed by atoms with Gasteiger partial charge in [-0.05, 0) is 12.1 Å². The van der Waals surface area contributed by atoms with Gasteiger partial charge < -0.3 is 10.0 Å². The molecular formula is C8H6BF3N2O2. The Hall–Kier alpha value is -1.54. The maximum atomic E-state index is 12.6. The number of hydrogen-bond acceptors (Lipinski definition) is 3. The highest BCUT2D eigenvalue weighted by Crippen LogP contribution is 2.33. The summed E-state index contributed by atoms with van der Waals surface area (Å²) in [4.78, 5) is 0. The van der Waals surface area contributed by atoms with Gasteiger partial charge in [0.15, 0.2) is 0 Å². The number of nitrogens with zero attached hydrogens (tertiary/aromatic N) is 1. The Kier molecular flexibility index (Phi) is 2.40. The van der Waals surface area contributed by atoms with Crippen molar-refractivity contribution in [2.75, 3.05) is 0 Å². The van der Waals surface area contributed by atoms with Crippen LogP contribution in [0.3, 0.4) is 0 Å². The van der Waals surface area contributed by atoms with Crippen molar-refractivity contribution in [3.63, 3.8) is 0 Å². The summed E-state index contributed by atoms with van der Waals surface area (Å²) < 4.78 is 37.9. The summed E-state index contributed by atoms with van der Waals surface area (Å²) in [7, 11) is -2.02. The molecule has 0 saturated carbocycles. The van der Waals surface area contributed by atoms with E-state index in [1.165, 1.54) is 12.1 Å². The third-order valence-corrected chi connectivity index (χ3v) is 2.17. The number of hydrogen-bond donors (Lipinski definition) is 3. The number of aromatic amines is 1. The van der Waals surface area contributed by atoms with Gasteiger partial charge in [0.25, 0.3) is 0 Å². The normalized spacial score (nSPS) is 12.1. The van der Waals surface area contributed by atoms with Gasteiger partial charge in [0.05, 0.1) is 16.7 Å². The Bertz CT molecular complexity index is 523. The summed E-state index contributed by atoms with van der Waals surface area (Å²) in [5.74, 6) is 0. The molecule has 16 heavy (non-hydrogen) atoms. The maximum absolute atomic E-state index is 12.6. The Balaban J connectivity index is 2.79. The second kappa shape index (κ2) is 3.50. The van der Waals surface area contributed by atoms with E-state index in [4.69, 9.17) is 10.0 Å². The number of fused-ring (bicyclic) bond motifs is 1. The van der Waals surface area contributed by atoms with Gasteiger partial charge in [-0.15, -0.1) is 0 Å². The van der Waals surface area contributed by atoms with Gasteiger partial charge in [0.1, 0.15) is 0 Å². The molecule has 0 fully saturated rings. The van der Waals surface area contributed by atoms with E-state index in [1.54, 1.807) is 0 Å². The highest BCUT2D eigenvalue weighted by atomic mass is 19.4. The molecule has 3 N–H and O–H groups in total. The highest BCUT2D eigenvalue weighted by Gasteiger charge is 2.35. The van der Waals surface area contributed by atoms with Gasteiger partial charge in [-0.25, -0.2) is 0 Å². The molecule has 2 aromatic rings. The predicted molar refractivity (Wildman–Crippen MR) is 50.9 cm³/mol. The van der Waals surface area contributed by atoms with Crippen LogP contribution in [0.5, 0.6) is 0 Å². The van der Waals surface area contributed by atoms with Crippen LogP contribution >= 0.6 is 0 Å². The number of rotatable bonds is 1. The molecule has 1 aromatic carbocycles. The van der Waals surface area contributed by atoms with Crippen molar-refractivity contribution in [1.29, 1.82) is 0 Å². The third-order valence-electron chi connectivity index (χ3n) is 2.17. The van der Waals surface area contributed by atoms with Gasteiger partial charge in [0.2, 0.25) is 0 Å². The minimum absolute atomic E-state index is 0.0397. The van der Waals surface area contributed by atoms with E-state index in [0.29, 0.717) is 0 Å². The molecule has 0 unspecified atom stereocenters. The predicted octanol–water partition coefficient (Wildman–Crippen LogP) is 0.261. The molecule has 0 atom stereocenters. The lowest BCUT2D eigenvalue weighted by molar-refractivity contribution is -0.136. The van der Waals surface area contributed by atoms with Crippen LogP contribution in [0.4, 0.5) is 13.2 Å². The lowest BCUT2D eigenvalue weighted by Crippen LogP contribution is -2.32. The Morgan fingerprint density at radius 3 is 2.50 bits per heavy atom. The minimum atomic E-state index is -4.56. The van der Waals surface area contributed by atoms with Crippen molar-refractivity contribution in [3.05, 3.63) is 23.8 Å². The SMILES string of the molecule is OB(O)c1[nH]nc2cccc(C(F)(F)F)c12. The minimum Gasteiger partial charge on any atom is -0.422 e. The molecule has 8 heteroatoms. The van der Waals surface area contributed by atoms with Crippen LogP contribution in [0, 0.1) is 0 Å². The monoisotopic (exact) mass is 230 g/mol. The first-order valence-electron chi connectivity index (χ1n) is 4.31. The molecule has 0 aliphatic rings.